The highest BCUT2D eigenvalue weighted by molar-refractivity contribution is 9.10. The SMILES string of the molecule is C[C@H](C(=O)Nc1c[nH]cc(Br)c1=O)n1cncn1. The third kappa shape index (κ3) is 2.48. The van der Waals surface area contributed by atoms with Gasteiger partial charge in [-0.05, 0) is 22.9 Å². The number of hydrogen-bond donors (Lipinski definition) is 2. The van der Waals surface area contributed by atoms with E-state index in [1.165, 1.54) is 29.7 Å². The Morgan fingerprint density at radius 1 is 1.56 bits per heavy atom. The lowest BCUT2D eigenvalue weighted by Crippen LogP contribution is -2.26. The van der Waals surface area contributed by atoms with Crippen LogP contribution in [0.1, 0.15) is 13.0 Å². The quantitative estimate of drug-likeness (QED) is 0.882. The Kier molecular flexibility index (Phi) is 3.56. The molecule has 0 aliphatic rings. The predicted molar refractivity (Wildman–Crippen MR) is 68.1 cm³/mol. The van der Waals surface area contributed by atoms with Gasteiger partial charge in [0.15, 0.2) is 0 Å². The van der Waals surface area contributed by atoms with Crippen molar-refractivity contribution in [2.75, 3.05) is 5.32 Å². The van der Waals surface area contributed by atoms with Gasteiger partial charge in [0, 0.05) is 12.4 Å². The lowest BCUT2D eigenvalue weighted by Gasteiger charge is -2.11. The van der Waals surface area contributed by atoms with Crippen molar-refractivity contribution in [3.05, 3.63) is 39.7 Å². The van der Waals surface area contributed by atoms with Gasteiger partial charge < -0.3 is 10.3 Å². The van der Waals surface area contributed by atoms with Crippen molar-refractivity contribution in [3.8, 4) is 0 Å². The van der Waals surface area contributed by atoms with E-state index in [0.29, 0.717) is 4.47 Å². The summed E-state index contributed by atoms with van der Waals surface area (Å²) in [4.78, 5) is 30.1. The van der Waals surface area contributed by atoms with E-state index < -0.39 is 6.04 Å². The van der Waals surface area contributed by atoms with Crippen LogP contribution in [0.5, 0.6) is 0 Å². The number of pyridine rings is 1. The average Bonchev–Trinajstić information content (AvgIpc) is 2.87. The van der Waals surface area contributed by atoms with Crippen LogP contribution in [0.25, 0.3) is 0 Å². The highest BCUT2D eigenvalue weighted by atomic mass is 79.9. The Hall–Kier alpha value is -1.96. The molecule has 94 valence electrons. The number of carbonyl (C=O) groups is 1. The maximum absolute atomic E-state index is 11.9. The molecule has 0 aromatic carbocycles. The first-order chi connectivity index (χ1) is 8.59. The van der Waals surface area contributed by atoms with Crippen LogP contribution in [-0.2, 0) is 4.79 Å². The van der Waals surface area contributed by atoms with E-state index >= 15 is 0 Å². The summed E-state index contributed by atoms with van der Waals surface area (Å²) in [5.74, 6) is -0.343. The molecule has 0 saturated heterocycles. The maximum atomic E-state index is 11.9. The topological polar surface area (TPSA) is 92.7 Å². The van der Waals surface area contributed by atoms with Gasteiger partial charge in [0.1, 0.15) is 24.4 Å². The highest BCUT2D eigenvalue weighted by Gasteiger charge is 2.17. The van der Waals surface area contributed by atoms with Crippen LogP contribution in [0, 0.1) is 0 Å². The van der Waals surface area contributed by atoms with Gasteiger partial charge in [-0.25, -0.2) is 9.67 Å². The van der Waals surface area contributed by atoms with E-state index in [-0.39, 0.29) is 17.0 Å². The number of amides is 1. The molecule has 2 aromatic heterocycles. The Bertz CT molecular complexity index is 607. The minimum absolute atomic E-state index is 0.182. The van der Waals surface area contributed by atoms with E-state index in [4.69, 9.17) is 0 Å². The first-order valence-corrected chi connectivity index (χ1v) is 5.90. The van der Waals surface area contributed by atoms with Crippen molar-refractivity contribution in [3.63, 3.8) is 0 Å². The highest BCUT2D eigenvalue weighted by Crippen LogP contribution is 2.09. The molecule has 2 N–H and O–H groups in total. The Labute approximate surface area is 110 Å². The number of anilines is 1. The summed E-state index contributed by atoms with van der Waals surface area (Å²) in [7, 11) is 0. The molecule has 2 rings (SSSR count). The zero-order valence-corrected chi connectivity index (χ0v) is 11.0. The van der Waals surface area contributed by atoms with Gasteiger partial charge in [0.05, 0.1) is 4.47 Å². The first kappa shape index (κ1) is 12.5. The molecule has 0 fully saturated rings. The average molecular weight is 312 g/mol. The third-order valence-corrected chi connectivity index (χ3v) is 2.96. The zero-order valence-electron chi connectivity index (χ0n) is 9.42. The lowest BCUT2D eigenvalue weighted by atomic mass is 10.3. The number of nitrogens with one attached hydrogen (secondary N) is 2. The molecule has 0 bridgehead atoms. The predicted octanol–water partition coefficient (Wildman–Crippen LogP) is 0.929. The van der Waals surface area contributed by atoms with Crippen molar-refractivity contribution >= 4 is 27.5 Å². The van der Waals surface area contributed by atoms with E-state index in [0.717, 1.165) is 0 Å². The molecule has 1 atom stereocenters. The standard InChI is InChI=1S/C10H10BrN5O2/c1-6(16-5-13-4-14-16)10(18)15-8-3-12-2-7(11)9(8)17/h2-6H,1H3,(H,12,17)(H,15,18)/t6-/m1/s1. The molecule has 0 aliphatic heterocycles. The number of rotatable bonds is 3. The number of carbonyl (C=O) groups excluding carboxylic acids is 1. The van der Waals surface area contributed by atoms with Crippen LogP contribution in [0.3, 0.4) is 0 Å². The molecule has 0 aliphatic carbocycles. The van der Waals surface area contributed by atoms with Crippen LogP contribution in [-0.4, -0.2) is 25.7 Å². The van der Waals surface area contributed by atoms with Crippen molar-refractivity contribution in [1.82, 2.24) is 19.7 Å². The van der Waals surface area contributed by atoms with Crippen LogP contribution in [0.4, 0.5) is 5.69 Å². The fraction of sp³-hybridized carbons (Fsp3) is 0.200. The van der Waals surface area contributed by atoms with Gasteiger partial charge in [0.25, 0.3) is 0 Å². The molecule has 18 heavy (non-hydrogen) atoms. The Morgan fingerprint density at radius 3 is 3.00 bits per heavy atom. The molecule has 0 radical (unpaired) electrons. The largest absolute Gasteiger partial charge is 0.365 e. The molecule has 0 unspecified atom stereocenters. The number of H-pyrrole nitrogens is 1. The van der Waals surface area contributed by atoms with Gasteiger partial charge in [-0.2, -0.15) is 5.10 Å². The van der Waals surface area contributed by atoms with E-state index in [1.807, 2.05) is 0 Å². The fourth-order valence-electron chi connectivity index (χ4n) is 1.33. The molecular formula is C10H10BrN5O2. The normalized spacial score (nSPS) is 12.1. The summed E-state index contributed by atoms with van der Waals surface area (Å²) in [6.45, 7) is 1.66. The van der Waals surface area contributed by atoms with Crippen molar-refractivity contribution in [1.29, 1.82) is 0 Å². The van der Waals surface area contributed by atoms with Crippen LogP contribution >= 0.6 is 15.9 Å². The number of nitrogens with zero attached hydrogens (tertiary/aromatic N) is 3. The molecule has 2 heterocycles. The molecule has 1 amide bonds. The van der Waals surface area contributed by atoms with E-state index in [9.17, 15) is 9.59 Å². The molecule has 2 aromatic rings. The van der Waals surface area contributed by atoms with Crippen LogP contribution < -0.4 is 10.7 Å². The minimum atomic E-state index is -0.550. The summed E-state index contributed by atoms with van der Waals surface area (Å²) in [5.41, 5.74) is -0.103. The molecule has 0 spiro atoms. The second-order valence-corrected chi connectivity index (χ2v) is 4.44. The molecular weight excluding hydrogens is 302 g/mol. The number of hydrogen-bond acceptors (Lipinski definition) is 4. The van der Waals surface area contributed by atoms with Crippen molar-refractivity contribution in [2.24, 2.45) is 0 Å². The Morgan fingerprint density at radius 2 is 2.33 bits per heavy atom. The monoisotopic (exact) mass is 311 g/mol. The fourth-order valence-corrected chi connectivity index (χ4v) is 1.67. The summed E-state index contributed by atoms with van der Waals surface area (Å²) in [5, 5.41) is 6.41. The second kappa shape index (κ2) is 5.13. The minimum Gasteiger partial charge on any atom is -0.365 e. The smallest absolute Gasteiger partial charge is 0.249 e. The second-order valence-electron chi connectivity index (χ2n) is 3.59. The molecule has 0 saturated carbocycles. The maximum Gasteiger partial charge on any atom is 0.249 e. The summed E-state index contributed by atoms with van der Waals surface area (Å²) in [6.07, 6.45) is 5.71. The van der Waals surface area contributed by atoms with Gasteiger partial charge in [-0.3, -0.25) is 9.59 Å². The first-order valence-electron chi connectivity index (χ1n) is 5.11. The molecule has 7 nitrogen and oxygen atoms in total. The number of aromatic amines is 1. The van der Waals surface area contributed by atoms with Gasteiger partial charge in [-0.1, -0.05) is 0 Å². The summed E-state index contributed by atoms with van der Waals surface area (Å²) < 4.78 is 1.76. The van der Waals surface area contributed by atoms with E-state index in [1.54, 1.807) is 6.92 Å². The molecule has 8 heteroatoms. The Balaban J connectivity index is 2.17. The lowest BCUT2D eigenvalue weighted by molar-refractivity contribution is -0.119. The van der Waals surface area contributed by atoms with Crippen molar-refractivity contribution in [2.45, 2.75) is 13.0 Å². The van der Waals surface area contributed by atoms with Gasteiger partial charge in [0.2, 0.25) is 11.3 Å². The summed E-state index contributed by atoms with van der Waals surface area (Å²) >= 11 is 3.09. The van der Waals surface area contributed by atoms with Gasteiger partial charge in [-0.15, -0.1) is 0 Å². The summed E-state index contributed by atoms with van der Waals surface area (Å²) in [6, 6.07) is -0.550. The zero-order chi connectivity index (χ0) is 13.1. The third-order valence-electron chi connectivity index (χ3n) is 2.37. The van der Waals surface area contributed by atoms with E-state index in [2.05, 4.69) is 36.3 Å². The number of halogens is 1. The van der Waals surface area contributed by atoms with Crippen molar-refractivity contribution < 1.29 is 4.79 Å². The van der Waals surface area contributed by atoms with Crippen LogP contribution in [0.2, 0.25) is 0 Å². The number of aromatic nitrogens is 4. The van der Waals surface area contributed by atoms with Gasteiger partial charge >= 0.3 is 0 Å². The van der Waals surface area contributed by atoms with Crippen LogP contribution in [0.15, 0.2) is 34.3 Å².